The standard InChI is InChI=1S/C36H37N3O4/c1-43-27-13-15-28-25(20-27)19-26(33-30(11-8-16-37-33)35(40)38-17-6-3-7-18-38)22-39-31-21-24(36(41)42)12-14-29(31)32(34(28)39)23-9-4-2-5-10-23/h8,11-16,19-21,23H,2-7,9-10,17-18,22H2,1H3,(H,41,42). The summed E-state index contributed by atoms with van der Waals surface area (Å²) in [6.45, 7) is 2.00. The topological polar surface area (TPSA) is 84.7 Å². The van der Waals surface area contributed by atoms with Crippen molar-refractivity contribution in [2.45, 2.75) is 63.8 Å². The maximum atomic E-state index is 13.8. The summed E-state index contributed by atoms with van der Waals surface area (Å²) in [5.74, 6) is 0.237. The Balaban J connectivity index is 1.47. The highest BCUT2D eigenvalue weighted by Crippen LogP contribution is 2.47. The van der Waals surface area contributed by atoms with Crippen molar-refractivity contribution in [3.8, 4) is 17.0 Å². The first-order valence-electron chi connectivity index (χ1n) is 15.6. The molecular weight excluding hydrogens is 538 g/mol. The minimum absolute atomic E-state index is 0.0208. The second-order valence-corrected chi connectivity index (χ2v) is 12.1. The second-order valence-electron chi connectivity index (χ2n) is 12.1. The molecule has 220 valence electrons. The number of likely N-dealkylation sites (tertiary alicyclic amines) is 1. The second kappa shape index (κ2) is 11.4. The van der Waals surface area contributed by atoms with E-state index in [1.807, 2.05) is 35.2 Å². The molecule has 0 radical (unpaired) electrons. The number of fused-ring (bicyclic) bond motifs is 5. The van der Waals surface area contributed by atoms with Crippen molar-refractivity contribution in [2.24, 2.45) is 0 Å². The first-order valence-corrected chi connectivity index (χ1v) is 15.6. The Labute approximate surface area is 251 Å². The number of carbonyl (C=O) groups excluding carboxylic acids is 1. The number of ether oxygens (including phenoxy) is 1. The Morgan fingerprint density at radius 3 is 2.51 bits per heavy atom. The van der Waals surface area contributed by atoms with E-state index in [-0.39, 0.29) is 11.5 Å². The zero-order chi connectivity index (χ0) is 29.5. The lowest BCUT2D eigenvalue weighted by molar-refractivity contribution is 0.0694. The maximum Gasteiger partial charge on any atom is 0.335 e. The number of piperidine rings is 1. The van der Waals surface area contributed by atoms with Crippen LogP contribution in [0.2, 0.25) is 0 Å². The number of nitrogens with zero attached hydrogens (tertiary/aromatic N) is 3. The Morgan fingerprint density at radius 2 is 1.74 bits per heavy atom. The van der Waals surface area contributed by atoms with Crippen molar-refractivity contribution in [1.82, 2.24) is 14.5 Å². The molecule has 0 spiro atoms. The molecule has 43 heavy (non-hydrogen) atoms. The van der Waals surface area contributed by atoms with Crippen LogP contribution in [0.25, 0.3) is 33.8 Å². The number of rotatable bonds is 5. The number of carbonyl (C=O) groups is 2. The van der Waals surface area contributed by atoms with E-state index >= 15 is 0 Å². The molecule has 4 aromatic rings. The largest absolute Gasteiger partial charge is 0.497 e. The van der Waals surface area contributed by atoms with E-state index < -0.39 is 5.97 Å². The molecule has 7 heteroatoms. The molecule has 1 saturated carbocycles. The monoisotopic (exact) mass is 575 g/mol. The summed E-state index contributed by atoms with van der Waals surface area (Å²) in [7, 11) is 1.68. The number of amides is 1. The molecule has 7 nitrogen and oxygen atoms in total. The average Bonchev–Trinajstić information content (AvgIpc) is 3.27. The van der Waals surface area contributed by atoms with Crippen LogP contribution in [0.4, 0.5) is 0 Å². The Hall–Kier alpha value is -4.39. The van der Waals surface area contributed by atoms with E-state index in [0.717, 1.165) is 84.2 Å². The number of benzene rings is 2. The Bertz CT molecular complexity index is 1760. The van der Waals surface area contributed by atoms with Gasteiger partial charge in [-0.15, -0.1) is 0 Å². The molecule has 1 N–H and O–H groups in total. The number of carboxylic acids is 1. The number of methoxy groups -OCH3 is 1. The molecule has 2 aliphatic heterocycles. The van der Waals surface area contributed by atoms with Gasteiger partial charge in [0.15, 0.2) is 0 Å². The van der Waals surface area contributed by atoms with Crippen LogP contribution in [0, 0.1) is 0 Å². The minimum Gasteiger partial charge on any atom is -0.497 e. The summed E-state index contributed by atoms with van der Waals surface area (Å²) in [5, 5.41) is 11.1. The first kappa shape index (κ1) is 27.4. The summed E-state index contributed by atoms with van der Waals surface area (Å²) in [5.41, 5.74) is 7.91. The Morgan fingerprint density at radius 1 is 0.953 bits per heavy atom. The van der Waals surface area contributed by atoms with Crippen molar-refractivity contribution in [3.63, 3.8) is 0 Å². The minimum atomic E-state index is -0.940. The molecule has 1 saturated heterocycles. The maximum absolute atomic E-state index is 13.8. The summed E-state index contributed by atoms with van der Waals surface area (Å²) in [6, 6.07) is 15.5. The van der Waals surface area contributed by atoms with Gasteiger partial charge < -0.3 is 19.3 Å². The van der Waals surface area contributed by atoms with Crippen LogP contribution in [-0.4, -0.2) is 51.6 Å². The van der Waals surface area contributed by atoms with Crippen molar-refractivity contribution >= 4 is 34.4 Å². The van der Waals surface area contributed by atoms with E-state index in [1.165, 1.54) is 24.8 Å². The summed E-state index contributed by atoms with van der Waals surface area (Å²) in [6.07, 6.45) is 13.0. The third kappa shape index (κ3) is 4.90. The quantitative estimate of drug-likeness (QED) is 0.264. The molecule has 1 aliphatic carbocycles. The fourth-order valence-electron chi connectivity index (χ4n) is 7.42. The van der Waals surface area contributed by atoms with Crippen LogP contribution < -0.4 is 4.74 Å². The number of hydrogen-bond donors (Lipinski definition) is 1. The van der Waals surface area contributed by atoms with Crippen LogP contribution in [0.15, 0.2) is 54.7 Å². The van der Waals surface area contributed by atoms with Gasteiger partial charge in [-0.25, -0.2) is 4.79 Å². The van der Waals surface area contributed by atoms with E-state index in [4.69, 9.17) is 9.72 Å². The normalized spacial score (nSPS) is 17.1. The predicted molar refractivity (Wildman–Crippen MR) is 169 cm³/mol. The molecule has 2 aromatic heterocycles. The smallest absolute Gasteiger partial charge is 0.335 e. The molecule has 2 aromatic carbocycles. The lowest BCUT2D eigenvalue weighted by atomic mass is 9.81. The van der Waals surface area contributed by atoms with Crippen molar-refractivity contribution in [2.75, 3.05) is 20.2 Å². The van der Waals surface area contributed by atoms with Crippen molar-refractivity contribution in [3.05, 3.63) is 82.7 Å². The lowest BCUT2D eigenvalue weighted by Crippen LogP contribution is -2.36. The number of hydrogen-bond acceptors (Lipinski definition) is 4. The van der Waals surface area contributed by atoms with Crippen LogP contribution in [-0.2, 0) is 6.54 Å². The molecule has 4 heterocycles. The third-order valence-electron chi connectivity index (χ3n) is 9.52. The van der Waals surface area contributed by atoms with Crippen molar-refractivity contribution < 1.29 is 19.4 Å². The molecule has 0 unspecified atom stereocenters. The highest BCUT2D eigenvalue weighted by molar-refractivity contribution is 6.04. The highest BCUT2D eigenvalue weighted by atomic mass is 16.5. The van der Waals surface area contributed by atoms with Gasteiger partial charge in [0, 0.05) is 35.8 Å². The zero-order valence-electron chi connectivity index (χ0n) is 24.6. The van der Waals surface area contributed by atoms with Gasteiger partial charge in [-0.3, -0.25) is 9.78 Å². The van der Waals surface area contributed by atoms with Gasteiger partial charge in [0.25, 0.3) is 5.91 Å². The van der Waals surface area contributed by atoms with Crippen LogP contribution >= 0.6 is 0 Å². The van der Waals surface area contributed by atoms with Gasteiger partial charge in [0.1, 0.15) is 5.75 Å². The average molecular weight is 576 g/mol. The molecule has 0 atom stereocenters. The van der Waals surface area contributed by atoms with Gasteiger partial charge in [0.05, 0.1) is 36.2 Å². The lowest BCUT2D eigenvalue weighted by Gasteiger charge is -2.27. The number of pyridine rings is 1. The van der Waals surface area contributed by atoms with E-state index in [2.05, 4.69) is 22.8 Å². The van der Waals surface area contributed by atoms with E-state index in [9.17, 15) is 14.7 Å². The fourth-order valence-corrected chi connectivity index (χ4v) is 7.42. The summed E-state index contributed by atoms with van der Waals surface area (Å²) >= 11 is 0. The van der Waals surface area contributed by atoms with Gasteiger partial charge in [-0.05, 0) is 103 Å². The van der Waals surface area contributed by atoms with Crippen LogP contribution in [0.5, 0.6) is 5.75 Å². The Kier molecular flexibility index (Phi) is 7.25. The van der Waals surface area contributed by atoms with Crippen molar-refractivity contribution in [1.29, 1.82) is 0 Å². The van der Waals surface area contributed by atoms with E-state index in [0.29, 0.717) is 23.7 Å². The molecule has 2 fully saturated rings. The van der Waals surface area contributed by atoms with Crippen LogP contribution in [0.3, 0.4) is 0 Å². The van der Waals surface area contributed by atoms with Gasteiger partial charge in [0.2, 0.25) is 0 Å². The summed E-state index contributed by atoms with van der Waals surface area (Å²) in [4.78, 5) is 32.7. The zero-order valence-corrected chi connectivity index (χ0v) is 24.6. The number of aromatic nitrogens is 2. The summed E-state index contributed by atoms with van der Waals surface area (Å²) < 4.78 is 7.94. The first-order chi connectivity index (χ1) is 21.0. The third-order valence-corrected chi connectivity index (χ3v) is 9.52. The number of allylic oxidation sites excluding steroid dienone is 1. The molecule has 3 aliphatic rings. The number of aromatic carboxylic acids is 1. The van der Waals surface area contributed by atoms with Crippen LogP contribution in [0.1, 0.15) is 94.8 Å². The van der Waals surface area contributed by atoms with Gasteiger partial charge >= 0.3 is 5.97 Å². The van der Waals surface area contributed by atoms with Gasteiger partial charge in [-0.2, -0.15) is 0 Å². The SMILES string of the molecule is COc1ccc2c(c1)C=C(c1ncccc1C(=O)N1CCCCC1)Cn1c-2c(C2CCCCC2)c2ccc(C(=O)O)cc21. The number of carboxylic acid groups (broad SMARTS) is 1. The fraction of sp³-hybridized carbons (Fsp3) is 0.361. The predicted octanol–water partition coefficient (Wildman–Crippen LogP) is 7.64. The molecule has 0 bridgehead atoms. The van der Waals surface area contributed by atoms with Gasteiger partial charge in [-0.1, -0.05) is 25.3 Å². The molecule has 1 amide bonds. The molecule has 7 rings (SSSR count). The highest BCUT2D eigenvalue weighted by Gasteiger charge is 2.31. The van der Waals surface area contributed by atoms with E-state index in [1.54, 1.807) is 19.4 Å². The molecular formula is C36H37N3O4.